The van der Waals surface area contributed by atoms with Crippen LogP contribution in [0.5, 0.6) is 0 Å². The molecular formula is C18H18N2O2S. The van der Waals surface area contributed by atoms with Gasteiger partial charge in [0.2, 0.25) is 0 Å². The minimum absolute atomic E-state index is 0.180. The maximum Gasteiger partial charge on any atom is 0.278 e. The molecule has 118 valence electrons. The van der Waals surface area contributed by atoms with Crippen LogP contribution in [0.3, 0.4) is 0 Å². The number of thiophene rings is 1. The number of amides is 2. The van der Waals surface area contributed by atoms with Crippen molar-refractivity contribution in [2.24, 2.45) is 0 Å². The minimum Gasteiger partial charge on any atom is -0.350 e. The molecule has 1 aromatic carbocycles. The van der Waals surface area contributed by atoms with Gasteiger partial charge in [0, 0.05) is 16.6 Å². The van der Waals surface area contributed by atoms with E-state index in [0.717, 1.165) is 16.1 Å². The SMILES string of the molecule is Cc1ccccc1NC1=C(c2cccs2)C(=O)N(C(C)C)C1=O. The number of hydrogen-bond donors (Lipinski definition) is 1. The van der Waals surface area contributed by atoms with E-state index < -0.39 is 0 Å². The number of anilines is 1. The molecule has 23 heavy (non-hydrogen) atoms. The van der Waals surface area contributed by atoms with Gasteiger partial charge in [-0.15, -0.1) is 11.3 Å². The summed E-state index contributed by atoms with van der Waals surface area (Å²) >= 11 is 1.46. The number of nitrogens with zero attached hydrogens (tertiary/aromatic N) is 1. The number of aryl methyl sites for hydroxylation is 1. The van der Waals surface area contributed by atoms with Crippen molar-refractivity contribution in [2.45, 2.75) is 26.8 Å². The summed E-state index contributed by atoms with van der Waals surface area (Å²) < 4.78 is 0. The highest BCUT2D eigenvalue weighted by molar-refractivity contribution is 7.11. The third-order valence-corrected chi connectivity index (χ3v) is 4.69. The zero-order valence-electron chi connectivity index (χ0n) is 13.3. The summed E-state index contributed by atoms with van der Waals surface area (Å²) in [6.45, 7) is 5.66. The van der Waals surface area contributed by atoms with Gasteiger partial charge in [0.15, 0.2) is 0 Å². The molecular weight excluding hydrogens is 308 g/mol. The third-order valence-electron chi connectivity index (χ3n) is 3.80. The normalized spacial score (nSPS) is 15.0. The number of para-hydroxylation sites is 1. The zero-order valence-corrected chi connectivity index (χ0v) is 14.1. The first-order valence-electron chi connectivity index (χ1n) is 7.49. The Labute approximate surface area is 139 Å². The zero-order chi connectivity index (χ0) is 16.6. The van der Waals surface area contributed by atoms with E-state index in [9.17, 15) is 9.59 Å². The highest BCUT2D eigenvalue weighted by Crippen LogP contribution is 2.34. The first-order chi connectivity index (χ1) is 11.0. The van der Waals surface area contributed by atoms with Crippen LogP contribution in [-0.4, -0.2) is 22.8 Å². The van der Waals surface area contributed by atoms with Crippen LogP contribution in [0, 0.1) is 6.92 Å². The Morgan fingerprint density at radius 1 is 1.04 bits per heavy atom. The Kier molecular flexibility index (Phi) is 4.05. The second-order valence-corrected chi connectivity index (χ2v) is 6.69. The molecule has 3 rings (SSSR count). The first kappa shape index (κ1) is 15.5. The lowest BCUT2D eigenvalue weighted by Gasteiger charge is -2.19. The molecule has 0 saturated heterocycles. The fourth-order valence-corrected chi connectivity index (χ4v) is 3.40. The maximum absolute atomic E-state index is 12.8. The largest absolute Gasteiger partial charge is 0.350 e. The molecule has 1 aromatic heterocycles. The van der Waals surface area contributed by atoms with Crippen molar-refractivity contribution in [1.82, 2.24) is 4.90 Å². The van der Waals surface area contributed by atoms with Crippen LogP contribution in [-0.2, 0) is 9.59 Å². The van der Waals surface area contributed by atoms with Crippen LogP contribution in [0.4, 0.5) is 5.69 Å². The lowest BCUT2D eigenvalue weighted by atomic mass is 10.1. The summed E-state index contributed by atoms with van der Waals surface area (Å²) in [6, 6.07) is 11.3. The number of rotatable bonds is 4. The lowest BCUT2D eigenvalue weighted by Crippen LogP contribution is -2.38. The first-order valence-corrected chi connectivity index (χ1v) is 8.37. The molecule has 0 atom stereocenters. The highest BCUT2D eigenvalue weighted by Gasteiger charge is 2.41. The Bertz CT molecular complexity index is 791. The summed E-state index contributed by atoms with van der Waals surface area (Å²) in [5.74, 6) is -0.500. The lowest BCUT2D eigenvalue weighted by molar-refractivity contribution is -0.138. The predicted molar refractivity (Wildman–Crippen MR) is 93.0 cm³/mol. The van der Waals surface area contributed by atoms with Crippen LogP contribution in [0.2, 0.25) is 0 Å². The van der Waals surface area contributed by atoms with Crippen molar-refractivity contribution >= 4 is 34.4 Å². The second-order valence-electron chi connectivity index (χ2n) is 5.74. The van der Waals surface area contributed by atoms with Gasteiger partial charge in [0.05, 0.1) is 5.57 Å². The number of carbonyl (C=O) groups is 2. The summed E-state index contributed by atoms with van der Waals surface area (Å²) in [5, 5.41) is 5.09. The predicted octanol–water partition coefficient (Wildman–Crippen LogP) is 3.66. The Morgan fingerprint density at radius 3 is 2.39 bits per heavy atom. The van der Waals surface area contributed by atoms with Crippen LogP contribution < -0.4 is 5.32 Å². The molecule has 0 bridgehead atoms. The summed E-state index contributed by atoms with van der Waals surface area (Å²) in [4.78, 5) is 27.6. The number of nitrogens with one attached hydrogen (secondary N) is 1. The van der Waals surface area contributed by atoms with Gasteiger partial charge >= 0.3 is 0 Å². The van der Waals surface area contributed by atoms with Crippen molar-refractivity contribution < 1.29 is 9.59 Å². The number of carbonyl (C=O) groups excluding carboxylic acids is 2. The molecule has 4 nitrogen and oxygen atoms in total. The van der Waals surface area contributed by atoms with Gasteiger partial charge in [-0.1, -0.05) is 24.3 Å². The fraction of sp³-hybridized carbons (Fsp3) is 0.222. The Morgan fingerprint density at radius 2 is 1.78 bits per heavy atom. The van der Waals surface area contributed by atoms with E-state index in [4.69, 9.17) is 0 Å². The van der Waals surface area contributed by atoms with Crippen LogP contribution in [0.25, 0.3) is 5.57 Å². The van der Waals surface area contributed by atoms with Crippen molar-refractivity contribution in [1.29, 1.82) is 0 Å². The molecule has 0 unspecified atom stereocenters. The van der Waals surface area contributed by atoms with E-state index >= 15 is 0 Å². The molecule has 0 radical (unpaired) electrons. The summed E-state index contributed by atoms with van der Waals surface area (Å²) in [6.07, 6.45) is 0. The van der Waals surface area contributed by atoms with Crippen LogP contribution >= 0.6 is 11.3 Å². The maximum atomic E-state index is 12.8. The van der Waals surface area contributed by atoms with Gasteiger partial charge < -0.3 is 5.32 Å². The average Bonchev–Trinajstić information content (AvgIpc) is 3.09. The van der Waals surface area contributed by atoms with Gasteiger partial charge in [-0.05, 0) is 43.8 Å². The Hall–Kier alpha value is -2.40. The molecule has 0 saturated carbocycles. The van der Waals surface area contributed by atoms with Crippen molar-refractivity contribution in [3.63, 3.8) is 0 Å². The average molecular weight is 326 g/mol. The quantitative estimate of drug-likeness (QED) is 0.872. The van der Waals surface area contributed by atoms with E-state index in [0.29, 0.717) is 11.3 Å². The molecule has 0 fully saturated rings. The molecule has 1 aliphatic rings. The molecule has 0 spiro atoms. The molecule has 2 amide bonds. The third kappa shape index (κ3) is 2.68. The molecule has 5 heteroatoms. The summed E-state index contributed by atoms with van der Waals surface area (Å²) in [5.41, 5.74) is 2.68. The van der Waals surface area contributed by atoms with Crippen molar-refractivity contribution in [3.05, 3.63) is 57.9 Å². The van der Waals surface area contributed by atoms with Crippen LogP contribution in [0.15, 0.2) is 47.5 Å². The van der Waals surface area contributed by atoms with Gasteiger partial charge in [0.25, 0.3) is 11.8 Å². The standard InChI is InChI=1S/C18H18N2O2S/c1-11(2)20-17(21)15(14-9-6-10-23-14)16(18(20)22)19-13-8-5-4-7-12(13)3/h4-11,19H,1-3H3. The highest BCUT2D eigenvalue weighted by atomic mass is 32.1. The topological polar surface area (TPSA) is 49.4 Å². The van der Waals surface area contributed by atoms with E-state index in [2.05, 4.69) is 5.32 Å². The van der Waals surface area contributed by atoms with E-state index in [1.807, 2.05) is 62.5 Å². The number of hydrogen-bond acceptors (Lipinski definition) is 4. The van der Waals surface area contributed by atoms with Crippen molar-refractivity contribution in [2.75, 3.05) is 5.32 Å². The van der Waals surface area contributed by atoms with Crippen LogP contribution in [0.1, 0.15) is 24.3 Å². The van der Waals surface area contributed by atoms with E-state index in [1.54, 1.807) is 0 Å². The Balaban J connectivity index is 2.10. The number of benzene rings is 1. The summed E-state index contributed by atoms with van der Waals surface area (Å²) in [7, 11) is 0. The van der Waals surface area contributed by atoms with E-state index in [1.165, 1.54) is 16.2 Å². The van der Waals surface area contributed by atoms with Gasteiger partial charge in [0.1, 0.15) is 5.70 Å². The number of imide groups is 1. The smallest absolute Gasteiger partial charge is 0.278 e. The monoisotopic (exact) mass is 326 g/mol. The second kappa shape index (κ2) is 6.01. The van der Waals surface area contributed by atoms with Gasteiger partial charge in [-0.25, -0.2) is 0 Å². The molecule has 2 aromatic rings. The van der Waals surface area contributed by atoms with E-state index in [-0.39, 0.29) is 17.9 Å². The van der Waals surface area contributed by atoms with Crippen molar-refractivity contribution in [3.8, 4) is 0 Å². The van der Waals surface area contributed by atoms with Gasteiger partial charge in [-0.3, -0.25) is 14.5 Å². The minimum atomic E-state index is -0.267. The molecule has 1 aliphatic heterocycles. The molecule has 2 heterocycles. The van der Waals surface area contributed by atoms with Gasteiger partial charge in [-0.2, -0.15) is 0 Å². The molecule has 1 N–H and O–H groups in total. The molecule has 0 aliphatic carbocycles. The fourth-order valence-electron chi connectivity index (χ4n) is 2.63.